The Morgan fingerprint density at radius 1 is 1.02 bits per heavy atom. The van der Waals surface area contributed by atoms with Crippen LogP contribution in [0.15, 0.2) is 67.1 Å². The van der Waals surface area contributed by atoms with Crippen molar-refractivity contribution in [3.05, 3.63) is 94.1 Å². The fourth-order valence-electron chi connectivity index (χ4n) is 6.03. The largest absolute Gasteiger partial charge is 0.417 e. The zero-order valence-electron chi connectivity index (χ0n) is 23.8. The lowest BCUT2D eigenvalue weighted by Gasteiger charge is -2.36. The van der Waals surface area contributed by atoms with Crippen molar-refractivity contribution in [3.63, 3.8) is 0 Å². The molecule has 0 bridgehead atoms. The summed E-state index contributed by atoms with van der Waals surface area (Å²) in [7, 11) is 5.66. The number of carbonyl (C=O) groups excluding carboxylic acids is 1. The third kappa shape index (κ3) is 5.01. The highest BCUT2D eigenvalue weighted by Crippen LogP contribution is 2.41. The molecule has 0 amide bonds. The molecule has 3 aromatic heterocycles. The van der Waals surface area contributed by atoms with E-state index in [4.69, 9.17) is 0 Å². The Kier molecular flexibility index (Phi) is 6.96. The van der Waals surface area contributed by atoms with Crippen molar-refractivity contribution < 1.29 is 22.9 Å². The number of fused-ring (bicyclic) bond motifs is 2. The summed E-state index contributed by atoms with van der Waals surface area (Å²) in [5.41, 5.74) is 1.44. The number of benzene rings is 2. The SMILES string of the molecule is CN(C)C1CCN(c2cc(C(=O)c3ccc4c(-c5cc6ncn(C)c6cc5C(F)(F)F)cccn34)ccc2[N+](=O)[O-])CC1. The molecule has 1 fully saturated rings. The number of nitro groups is 1. The highest BCUT2D eigenvalue weighted by Gasteiger charge is 2.35. The van der Waals surface area contributed by atoms with Crippen LogP contribution in [0.25, 0.3) is 27.7 Å². The van der Waals surface area contributed by atoms with Gasteiger partial charge in [0.2, 0.25) is 5.78 Å². The van der Waals surface area contributed by atoms with E-state index in [-0.39, 0.29) is 22.5 Å². The van der Waals surface area contributed by atoms with Gasteiger partial charge in [-0.1, -0.05) is 6.07 Å². The zero-order valence-corrected chi connectivity index (χ0v) is 23.8. The number of halogens is 3. The Hall–Kier alpha value is -4.71. The molecular weight excluding hydrogens is 561 g/mol. The number of hydrogen-bond donors (Lipinski definition) is 0. The molecule has 4 heterocycles. The molecule has 1 aliphatic rings. The first-order valence-corrected chi connectivity index (χ1v) is 13.8. The summed E-state index contributed by atoms with van der Waals surface area (Å²) >= 11 is 0. The second kappa shape index (κ2) is 10.5. The summed E-state index contributed by atoms with van der Waals surface area (Å²) in [6.45, 7) is 1.22. The van der Waals surface area contributed by atoms with Gasteiger partial charge < -0.3 is 18.8 Å². The standard InChI is InChI=1S/C31H29F3N6O3/c1-36(2)20-10-13-38(14-11-20)29-15-19(6-7-26(29)40(42)43)30(41)27-9-8-25-21(5-4-12-39(25)27)22-16-24-28(37(3)18-35-24)17-23(22)31(32,33)34/h4-9,12,15-18,20H,10-11,13-14H2,1-3H3. The summed E-state index contributed by atoms with van der Waals surface area (Å²) < 4.78 is 45.8. The van der Waals surface area contributed by atoms with Crippen molar-refractivity contribution in [3.8, 4) is 11.1 Å². The third-order valence-corrected chi connectivity index (χ3v) is 8.35. The van der Waals surface area contributed by atoms with E-state index in [1.807, 2.05) is 19.0 Å². The smallest absolute Gasteiger partial charge is 0.366 e. The van der Waals surface area contributed by atoms with Crippen molar-refractivity contribution >= 4 is 33.7 Å². The number of hydrogen-bond acceptors (Lipinski definition) is 6. The highest BCUT2D eigenvalue weighted by atomic mass is 19.4. The maximum atomic E-state index is 14.3. The van der Waals surface area contributed by atoms with Gasteiger partial charge in [0, 0.05) is 49.6 Å². The number of carbonyl (C=O) groups is 1. The predicted octanol–water partition coefficient (Wildman–Crippen LogP) is 6.18. The molecule has 0 N–H and O–H groups in total. The molecule has 12 heteroatoms. The van der Waals surface area contributed by atoms with E-state index < -0.39 is 22.4 Å². The molecule has 222 valence electrons. The van der Waals surface area contributed by atoms with E-state index in [0.717, 1.165) is 18.9 Å². The number of nitrogens with zero attached hydrogens (tertiary/aromatic N) is 6. The number of aryl methyl sites for hydroxylation is 1. The number of imidazole rings is 1. The monoisotopic (exact) mass is 590 g/mol. The molecule has 2 aromatic carbocycles. The average molecular weight is 591 g/mol. The quantitative estimate of drug-likeness (QED) is 0.133. The number of rotatable bonds is 6. The second-order valence-electron chi connectivity index (χ2n) is 11.1. The molecular formula is C31H29F3N6O3. The van der Waals surface area contributed by atoms with E-state index >= 15 is 0 Å². The highest BCUT2D eigenvalue weighted by molar-refractivity contribution is 6.10. The molecule has 0 unspecified atom stereocenters. The van der Waals surface area contributed by atoms with E-state index in [1.165, 1.54) is 29.1 Å². The van der Waals surface area contributed by atoms with Crippen molar-refractivity contribution in [2.24, 2.45) is 7.05 Å². The lowest BCUT2D eigenvalue weighted by atomic mass is 9.98. The molecule has 0 spiro atoms. The minimum atomic E-state index is -4.62. The zero-order chi connectivity index (χ0) is 30.6. The van der Waals surface area contributed by atoms with Gasteiger partial charge in [-0.2, -0.15) is 13.2 Å². The predicted molar refractivity (Wildman–Crippen MR) is 158 cm³/mol. The molecule has 0 saturated carbocycles. The Balaban J connectivity index is 1.41. The number of ketones is 1. The first-order valence-electron chi connectivity index (χ1n) is 13.8. The minimum absolute atomic E-state index is 0.0415. The fourth-order valence-corrected chi connectivity index (χ4v) is 6.03. The van der Waals surface area contributed by atoms with Crippen LogP contribution in [0, 0.1) is 10.1 Å². The molecule has 1 saturated heterocycles. The number of nitro benzene ring substituents is 1. The van der Waals surface area contributed by atoms with Crippen LogP contribution in [0.2, 0.25) is 0 Å². The summed E-state index contributed by atoms with van der Waals surface area (Å²) in [6.07, 6.45) is 0.127. The van der Waals surface area contributed by atoms with E-state index in [2.05, 4.69) is 9.88 Å². The van der Waals surface area contributed by atoms with Crippen LogP contribution in [0.5, 0.6) is 0 Å². The first-order chi connectivity index (χ1) is 20.4. The van der Waals surface area contributed by atoms with Gasteiger partial charge in [0.25, 0.3) is 5.69 Å². The van der Waals surface area contributed by atoms with Crippen LogP contribution in [-0.4, -0.2) is 62.8 Å². The third-order valence-electron chi connectivity index (χ3n) is 8.35. The maximum absolute atomic E-state index is 14.3. The molecule has 9 nitrogen and oxygen atoms in total. The van der Waals surface area contributed by atoms with Crippen LogP contribution in [0.1, 0.15) is 34.5 Å². The summed E-state index contributed by atoms with van der Waals surface area (Å²) in [4.78, 5) is 33.6. The lowest BCUT2D eigenvalue weighted by molar-refractivity contribution is -0.384. The van der Waals surface area contributed by atoms with Gasteiger partial charge in [0.15, 0.2) is 0 Å². The minimum Gasteiger partial charge on any atom is -0.366 e. The van der Waals surface area contributed by atoms with Crippen LogP contribution in [0.4, 0.5) is 24.5 Å². The molecule has 43 heavy (non-hydrogen) atoms. The van der Waals surface area contributed by atoms with Gasteiger partial charge in [-0.3, -0.25) is 14.9 Å². The second-order valence-corrected chi connectivity index (χ2v) is 11.1. The van der Waals surface area contributed by atoms with Gasteiger partial charge in [-0.25, -0.2) is 4.98 Å². The van der Waals surface area contributed by atoms with Gasteiger partial charge in [0.1, 0.15) is 5.69 Å². The van der Waals surface area contributed by atoms with Crippen molar-refractivity contribution in [2.45, 2.75) is 25.1 Å². The van der Waals surface area contributed by atoms with Crippen LogP contribution in [0.3, 0.4) is 0 Å². The van der Waals surface area contributed by atoms with E-state index in [0.29, 0.717) is 46.9 Å². The normalized spacial score (nSPS) is 14.7. The first kappa shape index (κ1) is 28.4. The fraction of sp³-hybridized carbons (Fsp3) is 0.290. The molecule has 1 aliphatic heterocycles. The molecule has 0 aliphatic carbocycles. The number of pyridine rings is 1. The van der Waals surface area contributed by atoms with Crippen molar-refractivity contribution in [1.82, 2.24) is 18.9 Å². The van der Waals surface area contributed by atoms with Crippen molar-refractivity contribution in [2.75, 3.05) is 32.1 Å². The summed E-state index contributed by atoms with van der Waals surface area (Å²) in [6, 6.07) is 13.6. The lowest BCUT2D eigenvalue weighted by Crippen LogP contribution is -2.42. The average Bonchev–Trinajstić information content (AvgIpc) is 3.58. The molecule has 0 atom stereocenters. The van der Waals surface area contributed by atoms with E-state index in [1.54, 1.807) is 48.0 Å². The molecule has 0 radical (unpaired) electrons. The maximum Gasteiger partial charge on any atom is 0.417 e. The van der Waals surface area contributed by atoms with Crippen LogP contribution >= 0.6 is 0 Å². The van der Waals surface area contributed by atoms with Crippen LogP contribution in [-0.2, 0) is 13.2 Å². The van der Waals surface area contributed by atoms with Gasteiger partial charge in [0.05, 0.1) is 39.1 Å². The molecule has 6 rings (SSSR count). The summed E-state index contributed by atoms with van der Waals surface area (Å²) in [5.74, 6) is -0.396. The number of anilines is 1. The Morgan fingerprint density at radius 3 is 2.44 bits per heavy atom. The number of aromatic nitrogens is 3. The topological polar surface area (TPSA) is 88.9 Å². The van der Waals surface area contributed by atoms with Crippen LogP contribution < -0.4 is 4.90 Å². The number of piperidine rings is 1. The van der Waals surface area contributed by atoms with Crippen molar-refractivity contribution in [1.29, 1.82) is 0 Å². The number of alkyl halides is 3. The van der Waals surface area contributed by atoms with Gasteiger partial charge in [-0.15, -0.1) is 0 Å². The molecule has 5 aromatic rings. The van der Waals surface area contributed by atoms with Gasteiger partial charge >= 0.3 is 6.18 Å². The Labute approximate surface area is 244 Å². The summed E-state index contributed by atoms with van der Waals surface area (Å²) in [5, 5.41) is 11.9. The van der Waals surface area contributed by atoms with Gasteiger partial charge in [-0.05, 0) is 75.0 Å². The Bertz CT molecular complexity index is 1880. The Morgan fingerprint density at radius 2 is 1.77 bits per heavy atom. The van der Waals surface area contributed by atoms with E-state index in [9.17, 15) is 28.1 Å².